The molecule has 1 aromatic heterocycles. The van der Waals surface area contributed by atoms with Crippen LogP contribution in [0.5, 0.6) is 5.75 Å². The van der Waals surface area contributed by atoms with E-state index < -0.39 is 0 Å². The lowest BCUT2D eigenvalue weighted by Crippen LogP contribution is -2.46. The van der Waals surface area contributed by atoms with E-state index in [0.717, 1.165) is 29.7 Å². The number of aromatic nitrogens is 1. The lowest BCUT2D eigenvalue weighted by atomic mass is 10.0. The highest BCUT2D eigenvalue weighted by Crippen LogP contribution is 2.22. The molecular formula is C23H29N3O3. The summed E-state index contributed by atoms with van der Waals surface area (Å²) in [7, 11) is 0. The van der Waals surface area contributed by atoms with Crippen LogP contribution >= 0.6 is 0 Å². The second kappa shape index (κ2) is 10.0. The molecule has 29 heavy (non-hydrogen) atoms. The van der Waals surface area contributed by atoms with Gasteiger partial charge in [-0.2, -0.15) is 0 Å². The summed E-state index contributed by atoms with van der Waals surface area (Å²) in [5.41, 5.74) is 2.66. The van der Waals surface area contributed by atoms with Crippen molar-refractivity contribution in [3.63, 3.8) is 0 Å². The standard InChI is InChI=1S/C23H29N3O3/c1-17-7-5-8-18(2)22(17)29-16-6-10-21(27)26-14-11-19(12-15-26)25-23(28)20-9-3-4-13-24-20/h3-5,7-9,13,19H,6,10-12,14-16H2,1-2H3,(H,25,28). The summed E-state index contributed by atoms with van der Waals surface area (Å²) in [6.45, 7) is 5.94. The number of aryl methyl sites for hydroxylation is 2. The maximum Gasteiger partial charge on any atom is 0.270 e. The van der Waals surface area contributed by atoms with Gasteiger partial charge in [-0.1, -0.05) is 24.3 Å². The molecule has 0 bridgehead atoms. The van der Waals surface area contributed by atoms with E-state index in [0.29, 0.717) is 38.2 Å². The molecule has 1 N–H and O–H groups in total. The maximum absolute atomic E-state index is 12.5. The Bertz CT molecular complexity index is 810. The van der Waals surface area contributed by atoms with Gasteiger partial charge >= 0.3 is 0 Å². The molecule has 0 saturated carbocycles. The Labute approximate surface area is 172 Å². The maximum atomic E-state index is 12.5. The fourth-order valence-electron chi connectivity index (χ4n) is 3.61. The number of rotatable bonds is 7. The summed E-state index contributed by atoms with van der Waals surface area (Å²) >= 11 is 0. The van der Waals surface area contributed by atoms with Gasteiger partial charge in [-0.15, -0.1) is 0 Å². The van der Waals surface area contributed by atoms with Gasteiger partial charge in [0, 0.05) is 31.7 Å². The second-order valence-electron chi connectivity index (χ2n) is 7.52. The van der Waals surface area contributed by atoms with Crippen molar-refractivity contribution in [3.05, 3.63) is 59.4 Å². The lowest BCUT2D eigenvalue weighted by Gasteiger charge is -2.32. The predicted molar refractivity (Wildman–Crippen MR) is 112 cm³/mol. The quantitative estimate of drug-likeness (QED) is 0.731. The second-order valence-corrected chi connectivity index (χ2v) is 7.52. The topological polar surface area (TPSA) is 71.5 Å². The number of nitrogens with one attached hydrogen (secondary N) is 1. The summed E-state index contributed by atoms with van der Waals surface area (Å²) in [5, 5.41) is 3.02. The van der Waals surface area contributed by atoms with Crippen molar-refractivity contribution in [1.29, 1.82) is 0 Å². The highest BCUT2D eigenvalue weighted by atomic mass is 16.5. The van der Waals surface area contributed by atoms with E-state index in [2.05, 4.69) is 10.3 Å². The Morgan fingerprint density at radius 1 is 1.10 bits per heavy atom. The van der Waals surface area contributed by atoms with E-state index in [4.69, 9.17) is 4.74 Å². The summed E-state index contributed by atoms with van der Waals surface area (Å²) in [4.78, 5) is 30.6. The first-order chi connectivity index (χ1) is 14.0. The van der Waals surface area contributed by atoms with Crippen LogP contribution in [0.2, 0.25) is 0 Å². The molecule has 2 aromatic rings. The van der Waals surface area contributed by atoms with Crippen molar-refractivity contribution in [2.75, 3.05) is 19.7 Å². The van der Waals surface area contributed by atoms with E-state index in [1.807, 2.05) is 36.9 Å². The number of pyridine rings is 1. The van der Waals surface area contributed by atoms with E-state index >= 15 is 0 Å². The van der Waals surface area contributed by atoms with Crippen LogP contribution in [0.4, 0.5) is 0 Å². The number of ether oxygens (including phenoxy) is 1. The molecular weight excluding hydrogens is 366 g/mol. The van der Waals surface area contributed by atoms with Crippen LogP contribution in [0.25, 0.3) is 0 Å². The van der Waals surface area contributed by atoms with Gasteiger partial charge in [0.05, 0.1) is 6.61 Å². The number of nitrogens with zero attached hydrogens (tertiary/aromatic N) is 2. The van der Waals surface area contributed by atoms with Crippen LogP contribution in [0, 0.1) is 13.8 Å². The number of para-hydroxylation sites is 1. The molecule has 0 aliphatic carbocycles. The van der Waals surface area contributed by atoms with Crippen LogP contribution < -0.4 is 10.1 Å². The monoisotopic (exact) mass is 395 g/mol. The molecule has 6 nitrogen and oxygen atoms in total. The number of likely N-dealkylation sites (tertiary alicyclic amines) is 1. The number of amides is 2. The molecule has 1 aliphatic heterocycles. The molecule has 1 aliphatic rings. The first kappa shape index (κ1) is 20.8. The minimum Gasteiger partial charge on any atom is -0.493 e. The minimum atomic E-state index is -0.154. The van der Waals surface area contributed by atoms with E-state index in [1.165, 1.54) is 0 Å². The predicted octanol–water partition coefficient (Wildman–Crippen LogP) is 3.28. The molecule has 1 fully saturated rings. The van der Waals surface area contributed by atoms with Gasteiger partial charge in [0.1, 0.15) is 11.4 Å². The number of hydrogen-bond acceptors (Lipinski definition) is 4. The molecule has 154 valence electrons. The number of benzene rings is 1. The first-order valence-corrected chi connectivity index (χ1v) is 10.2. The Hall–Kier alpha value is -2.89. The van der Waals surface area contributed by atoms with Crippen molar-refractivity contribution in [2.24, 2.45) is 0 Å². The Kier molecular flexibility index (Phi) is 7.22. The molecule has 1 aromatic carbocycles. The van der Waals surface area contributed by atoms with Gasteiger partial charge in [-0.3, -0.25) is 14.6 Å². The third kappa shape index (κ3) is 5.79. The number of hydrogen-bond donors (Lipinski definition) is 1. The zero-order chi connectivity index (χ0) is 20.6. The average molecular weight is 396 g/mol. The van der Waals surface area contributed by atoms with Crippen LogP contribution in [0.3, 0.4) is 0 Å². The van der Waals surface area contributed by atoms with Crippen molar-refractivity contribution < 1.29 is 14.3 Å². The highest BCUT2D eigenvalue weighted by Gasteiger charge is 2.24. The van der Waals surface area contributed by atoms with Gasteiger partial charge in [-0.05, 0) is 56.4 Å². The minimum absolute atomic E-state index is 0.0842. The Morgan fingerprint density at radius 2 is 1.83 bits per heavy atom. The summed E-state index contributed by atoms with van der Waals surface area (Å²) in [6.07, 6.45) is 4.32. The van der Waals surface area contributed by atoms with Gasteiger partial charge in [0.15, 0.2) is 0 Å². The Balaban J connectivity index is 1.36. The highest BCUT2D eigenvalue weighted by molar-refractivity contribution is 5.92. The molecule has 0 unspecified atom stereocenters. The third-order valence-corrected chi connectivity index (χ3v) is 5.27. The average Bonchev–Trinajstić information content (AvgIpc) is 2.74. The number of carbonyl (C=O) groups excluding carboxylic acids is 2. The lowest BCUT2D eigenvalue weighted by molar-refractivity contribution is -0.132. The molecule has 0 radical (unpaired) electrons. The van der Waals surface area contributed by atoms with Crippen molar-refractivity contribution >= 4 is 11.8 Å². The Morgan fingerprint density at radius 3 is 2.48 bits per heavy atom. The molecule has 6 heteroatoms. The van der Waals surface area contributed by atoms with E-state index in [1.54, 1.807) is 24.4 Å². The molecule has 3 rings (SSSR count). The fourth-order valence-corrected chi connectivity index (χ4v) is 3.61. The fraction of sp³-hybridized carbons (Fsp3) is 0.435. The van der Waals surface area contributed by atoms with Crippen molar-refractivity contribution in [1.82, 2.24) is 15.2 Å². The molecule has 2 amide bonds. The normalized spacial score (nSPS) is 14.5. The zero-order valence-corrected chi connectivity index (χ0v) is 17.2. The summed E-state index contributed by atoms with van der Waals surface area (Å²) in [6, 6.07) is 11.5. The number of carbonyl (C=O) groups is 2. The van der Waals surface area contributed by atoms with Crippen LogP contribution in [0.1, 0.15) is 47.3 Å². The first-order valence-electron chi connectivity index (χ1n) is 10.2. The van der Waals surface area contributed by atoms with Crippen LogP contribution in [-0.2, 0) is 4.79 Å². The summed E-state index contributed by atoms with van der Waals surface area (Å²) < 4.78 is 5.88. The van der Waals surface area contributed by atoms with Gasteiger partial charge in [0.25, 0.3) is 5.91 Å². The molecule has 2 heterocycles. The van der Waals surface area contributed by atoms with Gasteiger partial charge in [0.2, 0.25) is 5.91 Å². The van der Waals surface area contributed by atoms with Gasteiger partial charge in [-0.25, -0.2) is 0 Å². The summed E-state index contributed by atoms with van der Waals surface area (Å²) in [5.74, 6) is 0.924. The number of piperidine rings is 1. The van der Waals surface area contributed by atoms with Gasteiger partial charge < -0.3 is 15.0 Å². The molecule has 1 saturated heterocycles. The smallest absolute Gasteiger partial charge is 0.270 e. The largest absolute Gasteiger partial charge is 0.493 e. The third-order valence-electron chi connectivity index (χ3n) is 5.27. The molecule has 0 spiro atoms. The van der Waals surface area contributed by atoms with Crippen molar-refractivity contribution in [2.45, 2.75) is 45.6 Å². The van der Waals surface area contributed by atoms with Crippen LogP contribution in [-0.4, -0.2) is 47.4 Å². The van der Waals surface area contributed by atoms with Crippen molar-refractivity contribution in [3.8, 4) is 5.75 Å². The molecule has 0 atom stereocenters. The van der Waals surface area contributed by atoms with E-state index in [-0.39, 0.29) is 17.9 Å². The SMILES string of the molecule is Cc1cccc(C)c1OCCCC(=O)N1CCC(NC(=O)c2ccccn2)CC1. The zero-order valence-electron chi connectivity index (χ0n) is 17.2. The van der Waals surface area contributed by atoms with E-state index in [9.17, 15) is 9.59 Å². The van der Waals surface area contributed by atoms with Crippen LogP contribution in [0.15, 0.2) is 42.6 Å².